The molecule has 0 spiro atoms. The van der Waals surface area contributed by atoms with Crippen molar-refractivity contribution in [3.8, 4) is 11.1 Å². The van der Waals surface area contributed by atoms with Crippen molar-refractivity contribution >= 4 is 33.8 Å². The molecule has 0 saturated carbocycles. The number of benzene rings is 2. The lowest BCUT2D eigenvalue weighted by molar-refractivity contribution is 0.103. The Morgan fingerprint density at radius 1 is 0.710 bits per heavy atom. The van der Waals surface area contributed by atoms with E-state index in [1.165, 1.54) is 0 Å². The van der Waals surface area contributed by atoms with Gasteiger partial charge in [-0.15, -0.1) is 0 Å². The van der Waals surface area contributed by atoms with E-state index in [9.17, 15) is 4.79 Å². The van der Waals surface area contributed by atoms with Gasteiger partial charge in [0.1, 0.15) is 5.65 Å². The van der Waals surface area contributed by atoms with Crippen LogP contribution in [0.5, 0.6) is 0 Å². The monoisotopic (exact) mass is 401 g/mol. The Hall–Kier alpha value is -4.45. The van der Waals surface area contributed by atoms with Crippen molar-refractivity contribution in [1.82, 2.24) is 24.3 Å². The average Bonchev–Trinajstić information content (AvgIpc) is 3.19. The number of nitrogens with zero attached hydrogens (tertiary/aromatic N) is 5. The highest BCUT2D eigenvalue weighted by Crippen LogP contribution is 2.24. The molecule has 6 nitrogen and oxygen atoms in total. The molecule has 0 aliphatic heterocycles. The summed E-state index contributed by atoms with van der Waals surface area (Å²) in [5, 5.41) is 0. The van der Waals surface area contributed by atoms with E-state index in [1.807, 2.05) is 71.3 Å². The third-order valence-corrected chi connectivity index (χ3v) is 5.32. The molecule has 6 heteroatoms. The van der Waals surface area contributed by atoms with Crippen molar-refractivity contribution < 1.29 is 4.79 Å². The number of hydrogen-bond donors (Lipinski definition) is 0. The Morgan fingerprint density at radius 3 is 2.39 bits per heavy atom. The zero-order valence-electron chi connectivity index (χ0n) is 16.3. The Kier molecular flexibility index (Phi) is 3.83. The highest BCUT2D eigenvalue weighted by Gasteiger charge is 2.13. The SMILES string of the molecule is O=C(c1ccccc1)c1ccc2nc3c(nc2c1)nc1cc(-c2ccncc2)ccn13. The van der Waals surface area contributed by atoms with Crippen LogP contribution in [0.25, 0.3) is 39.1 Å². The first-order valence-corrected chi connectivity index (χ1v) is 9.86. The second-order valence-electron chi connectivity index (χ2n) is 7.26. The summed E-state index contributed by atoms with van der Waals surface area (Å²) in [6.07, 6.45) is 5.49. The topological polar surface area (TPSA) is 73.0 Å². The van der Waals surface area contributed by atoms with Crippen LogP contribution in [0.4, 0.5) is 0 Å². The molecule has 6 aromatic rings. The van der Waals surface area contributed by atoms with Crippen LogP contribution in [-0.2, 0) is 0 Å². The smallest absolute Gasteiger partial charge is 0.198 e. The molecule has 4 aromatic heterocycles. The molecule has 6 rings (SSSR count). The number of ketones is 1. The summed E-state index contributed by atoms with van der Waals surface area (Å²) >= 11 is 0. The molecule has 0 unspecified atom stereocenters. The lowest BCUT2D eigenvalue weighted by Gasteiger charge is -2.04. The number of imidazole rings is 1. The molecular weight excluding hydrogens is 386 g/mol. The maximum atomic E-state index is 12.8. The quantitative estimate of drug-likeness (QED) is 0.401. The van der Waals surface area contributed by atoms with E-state index in [1.54, 1.807) is 24.5 Å². The minimum absolute atomic E-state index is 0.0404. The number of rotatable bonds is 3. The second kappa shape index (κ2) is 6.81. The second-order valence-corrected chi connectivity index (χ2v) is 7.26. The Labute approximate surface area is 176 Å². The maximum absolute atomic E-state index is 12.8. The van der Waals surface area contributed by atoms with Gasteiger partial charge in [0.05, 0.1) is 11.0 Å². The number of hydrogen-bond acceptors (Lipinski definition) is 5. The van der Waals surface area contributed by atoms with Gasteiger partial charge in [0.2, 0.25) is 0 Å². The molecule has 0 aliphatic rings. The number of carbonyl (C=O) groups excluding carboxylic acids is 1. The lowest BCUT2D eigenvalue weighted by atomic mass is 10.0. The van der Waals surface area contributed by atoms with Crippen molar-refractivity contribution in [3.63, 3.8) is 0 Å². The number of fused-ring (bicyclic) bond motifs is 4. The van der Waals surface area contributed by atoms with Crippen molar-refractivity contribution in [2.45, 2.75) is 0 Å². The van der Waals surface area contributed by atoms with E-state index < -0.39 is 0 Å². The van der Waals surface area contributed by atoms with Gasteiger partial charge >= 0.3 is 0 Å². The van der Waals surface area contributed by atoms with E-state index in [4.69, 9.17) is 9.97 Å². The highest BCUT2D eigenvalue weighted by molar-refractivity contribution is 6.10. The molecule has 146 valence electrons. The Balaban J connectivity index is 1.48. The van der Waals surface area contributed by atoms with Gasteiger partial charge in [0.25, 0.3) is 0 Å². The van der Waals surface area contributed by atoms with Crippen LogP contribution in [0.1, 0.15) is 15.9 Å². The lowest BCUT2D eigenvalue weighted by Crippen LogP contribution is -2.01. The number of carbonyl (C=O) groups is 1. The van der Waals surface area contributed by atoms with E-state index >= 15 is 0 Å². The number of pyridine rings is 2. The van der Waals surface area contributed by atoms with Crippen molar-refractivity contribution in [3.05, 3.63) is 103 Å². The molecule has 0 radical (unpaired) electrons. The summed E-state index contributed by atoms with van der Waals surface area (Å²) in [5.74, 6) is -0.0404. The fraction of sp³-hybridized carbons (Fsp3) is 0. The third-order valence-electron chi connectivity index (χ3n) is 5.32. The summed E-state index contributed by atoms with van der Waals surface area (Å²) in [5.41, 5.74) is 6.70. The van der Waals surface area contributed by atoms with Gasteiger partial charge in [-0.25, -0.2) is 15.0 Å². The molecule has 0 bridgehead atoms. The normalized spacial score (nSPS) is 11.4. The standard InChI is InChI=1S/C25H15N5O/c31-23(17-4-2-1-3-5-17)19-6-7-20-21(14-19)27-24-25(28-20)30-13-10-18(15-22(30)29-24)16-8-11-26-12-9-16/h1-15H. The van der Waals surface area contributed by atoms with Gasteiger partial charge in [0.15, 0.2) is 17.1 Å². The predicted molar refractivity (Wildman–Crippen MR) is 119 cm³/mol. The van der Waals surface area contributed by atoms with Crippen LogP contribution in [0.3, 0.4) is 0 Å². The van der Waals surface area contributed by atoms with Gasteiger partial charge in [0, 0.05) is 29.7 Å². The summed E-state index contributed by atoms with van der Waals surface area (Å²) in [6.45, 7) is 0. The number of aromatic nitrogens is 5. The zero-order chi connectivity index (χ0) is 20.8. The molecule has 0 fully saturated rings. The molecule has 0 saturated heterocycles. The van der Waals surface area contributed by atoms with E-state index in [2.05, 4.69) is 9.97 Å². The van der Waals surface area contributed by atoms with Crippen LogP contribution in [-0.4, -0.2) is 30.1 Å². The molecule has 0 atom stereocenters. The van der Waals surface area contributed by atoms with Crippen molar-refractivity contribution in [2.75, 3.05) is 0 Å². The molecule has 4 heterocycles. The van der Waals surface area contributed by atoms with Gasteiger partial charge in [-0.05, 0) is 53.6 Å². The van der Waals surface area contributed by atoms with Gasteiger partial charge in [-0.1, -0.05) is 30.3 Å². The predicted octanol–water partition coefficient (Wildman–Crippen LogP) is 4.72. The zero-order valence-corrected chi connectivity index (χ0v) is 16.3. The van der Waals surface area contributed by atoms with Crippen LogP contribution >= 0.6 is 0 Å². The first-order valence-electron chi connectivity index (χ1n) is 9.86. The van der Waals surface area contributed by atoms with Gasteiger partial charge < -0.3 is 0 Å². The average molecular weight is 401 g/mol. The molecule has 0 N–H and O–H groups in total. The van der Waals surface area contributed by atoms with E-state index in [0.29, 0.717) is 27.9 Å². The highest BCUT2D eigenvalue weighted by atomic mass is 16.1. The first-order chi connectivity index (χ1) is 15.3. The van der Waals surface area contributed by atoms with Crippen molar-refractivity contribution in [1.29, 1.82) is 0 Å². The summed E-state index contributed by atoms with van der Waals surface area (Å²) in [7, 11) is 0. The molecule has 31 heavy (non-hydrogen) atoms. The van der Waals surface area contributed by atoms with Crippen LogP contribution in [0.15, 0.2) is 91.4 Å². The summed E-state index contributed by atoms with van der Waals surface area (Å²) in [6, 6.07) is 22.6. The minimum Gasteiger partial charge on any atom is -0.289 e. The fourth-order valence-electron chi connectivity index (χ4n) is 3.76. The first kappa shape index (κ1) is 17.4. The van der Waals surface area contributed by atoms with Crippen LogP contribution < -0.4 is 0 Å². The third kappa shape index (κ3) is 2.93. The molecule has 0 amide bonds. The van der Waals surface area contributed by atoms with Gasteiger partial charge in [-0.3, -0.25) is 14.2 Å². The van der Waals surface area contributed by atoms with Gasteiger partial charge in [-0.2, -0.15) is 0 Å². The molecule has 0 aliphatic carbocycles. The minimum atomic E-state index is -0.0404. The fourth-order valence-corrected chi connectivity index (χ4v) is 3.76. The largest absolute Gasteiger partial charge is 0.289 e. The Bertz CT molecular complexity index is 1590. The molecule has 2 aromatic carbocycles. The van der Waals surface area contributed by atoms with E-state index in [-0.39, 0.29) is 5.78 Å². The van der Waals surface area contributed by atoms with Crippen LogP contribution in [0, 0.1) is 0 Å². The van der Waals surface area contributed by atoms with E-state index in [0.717, 1.165) is 22.3 Å². The maximum Gasteiger partial charge on any atom is 0.198 e. The summed E-state index contributed by atoms with van der Waals surface area (Å²) < 4.78 is 1.93. The Morgan fingerprint density at radius 2 is 1.55 bits per heavy atom. The molecular formula is C25H15N5O. The van der Waals surface area contributed by atoms with Crippen molar-refractivity contribution in [2.24, 2.45) is 0 Å². The summed E-state index contributed by atoms with van der Waals surface area (Å²) in [4.78, 5) is 31.0. The van der Waals surface area contributed by atoms with Crippen LogP contribution in [0.2, 0.25) is 0 Å².